The molecule has 4 rings (SSSR count). The molecule has 2 N–H and O–H groups in total. The lowest BCUT2D eigenvalue weighted by Gasteiger charge is -2.29. The van der Waals surface area contributed by atoms with Crippen LogP contribution in [0.25, 0.3) is 6.08 Å². The fourth-order valence-electron chi connectivity index (χ4n) is 3.81. The summed E-state index contributed by atoms with van der Waals surface area (Å²) in [5, 5.41) is 10.2. The molecule has 1 aliphatic carbocycles. The van der Waals surface area contributed by atoms with E-state index in [1.54, 1.807) is 25.1 Å². The van der Waals surface area contributed by atoms with E-state index in [1.807, 2.05) is 33.0 Å². The van der Waals surface area contributed by atoms with E-state index in [9.17, 15) is 4.79 Å². The molecular weight excluding hydrogens is 430 g/mol. The van der Waals surface area contributed by atoms with Gasteiger partial charge in [-0.25, -0.2) is 0 Å². The lowest BCUT2D eigenvalue weighted by Crippen LogP contribution is -2.35. The van der Waals surface area contributed by atoms with Crippen LogP contribution in [-0.4, -0.2) is 43.7 Å². The van der Waals surface area contributed by atoms with E-state index >= 15 is 0 Å². The molecule has 0 aromatic heterocycles. The predicted octanol–water partition coefficient (Wildman–Crippen LogP) is 7.03. The SMILES string of the molecule is C=Cc1ccc(C(C)=O)cc1.CC.CNCC1CCN(C=N)CC1.Cc1ccc(CC2CC2)cc1. The number of carbonyl (C=O) groups excluding carboxylic acids is 1. The van der Waals surface area contributed by atoms with Gasteiger partial charge in [-0.05, 0) is 82.5 Å². The molecule has 1 saturated carbocycles. The van der Waals surface area contributed by atoms with Crippen molar-refractivity contribution < 1.29 is 4.79 Å². The summed E-state index contributed by atoms with van der Waals surface area (Å²) in [7, 11) is 2.00. The van der Waals surface area contributed by atoms with Crippen molar-refractivity contribution in [1.82, 2.24) is 10.2 Å². The van der Waals surface area contributed by atoms with Gasteiger partial charge in [-0.15, -0.1) is 0 Å². The molecule has 0 radical (unpaired) electrons. The summed E-state index contributed by atoms with van der Waals surface area (Å²) in [4.78, 5) is 12.9. The minimum atomic E-state index is 0.0978. The van der Waals surface area contributed by atoms with Crippen molar-refractivity contribution in [2.24, 2.45) is 11.8 Å². The van der Waals surface area contributed by atoms with Crippen LogP contribution < -0.4 is 5.32 Å². The zero-order chi connectivity index (χ0) is 26.1. The maximum absolute atomic E-state index is 10.8. The standard InChI is InChI=1S/C11H14.C10H10O.C8H17N3.C2H6/c1-9-2-4-10(5-3-9)8-11-6-7-11;1-3-9-4-6-10(7-5-9)8(2)11;1-10-6-8-2-4-11(7-9)5-3-8;1-2/h2-5,11H,6-8H2,1H3;3-7H,1H2,2H3;7-10H,2-6H2,1H3;1-2H3. The Kier molecular flexibility index (Phi) is 15.3. The van der Waals surface area contributed by atoms with Crippen molar-refractivity contribution in [2.45, 2.75) is 59.8 Å². The molecule has 192 valence electrons. The van der Waals surface area contributed by atoms with Crippen molar-refractivity contribution in [3.8, 4) is 0 Å². The third-order valence-electron chi connectivity index (χ3n) is 6.22. The molecule has 2 aromatic carbocycles. The second-order valence-electron chi connectivity index (χ2n) is 9.18. The number of benzene rings is 2. The van der Waals surface area contributed by atoms with Gasteiger partial charge in [0.2, 0.25) is 0 Å². The predicted molar refractivity (Wildman–Crippen MR) is 152 cm³/mol. The van der Waals surface area contributed by atoms with Gasteiger partial charge in [0.1, 0.15) is 0 Å². The van der Waals surface area contributed by atoms with Crippen molar-refractivity contribution in [3.63, 3.8) is 0 Å². The van der Waals surface area contributed by atoms with Crippen LogP contribution in [0.1, 0.15) is 73.5 Å². The van der Waals surface area contributed by atoms with Crippen LogP contribution >= 0.6 is 0 Å². The first-order valence-electron chi connectivity index (χ1n) is 13.1. The molecule has 0 spiro atoms. The van der Waals surface area contributed by atoms with Crippen LogP contribution in [0.2, 0.25) is 0 Å². The van der Waals surface area contributed by atoms with Crippen LogP contribution in [0.5, 0.6) is 0 Å². The Bertz CT molecular complexity index is 846. The molecule has 0 bridgehead atoms. The molecular formula is C31H47N3O. The summed E-state index contributed by atoms with van der Waals surface area (Å²) >= 11 is 0. The molecule has 35 heavy (non-hydrogen) atoms. The van der Waals surface area contributed by atoms with Gasteiger partial charge in [-0.2, -0.15) is 0 Å². The monoisotopic (exact) mass is 477 g/mol. The largest absolute Gasteiger partial charge is 0.363 e. The minimum Gasteiger partial charge on any atom is -0.363 e. The minimum absolute atomic E-state index is 0.0978. The van der Waals surface area contributed by atoms with Crippen LogP contribution in [-0.2, 0) is 6.42 Å². The molecule has 1 saturated heterocycles. The van der Waals surface area contributed by atoms with Gasteiger partial charge < -0.3 is 10.2 Å². The Hall–Kier alpha value is -2.72. The van der Waals surface area contributed by atoms with E-state index < -0.39 is 0 Å². The Morgan fingerprint density at radius 2 is 1.57 bits per heavy atom. The third kappa shape index (κ3) is 13.1. The highest BCUT2D eigenvalue weighted by atomic mass is 16.1. The Morgan fingerprint density at radius 1 is 1.00 bits per heavy atom. The summed E-state index contributed by atoms with van der Waals surface area (Å²) < 4.78 is 0. The van der Waals surface area contributed by atoms with Gasteiger partial charge in [-0.1, -0.05) is 80.6 Å². The summed E-state index contributed by atoms with van der Waals surface area (Å²) in [6.45, 7) is 14.6. The lowest BCUT2D eigenvalue weighted by atomic mass is 9.97. The number of aryl methyl sites for hydroxylation is 1. The molecule has 0 amide bonds. The molecule has 1 aliphatic heterocycles. The van der Waals surface area contributed by atoms with E-state index in [2.05, 4.69) is 48.0 Å². The van der Waals surface area contributed by atoms with Gasteiger partial charge in [0.15, 0.2) is 5.78 Å². The molecule has 0 unspecified atom stereocenters. The van der Waals surface area contributed by atoms with Crippen LogP contribution in [0.15, 0.2) is 55.1 Å². The number of nitrogens with one attached hydrogen (secondary N) is 2. The fourth-order valence-corrected chi connectivity index (χ4v) is 3.81. The quantitative estimate of drug-likeness (QED) is 0.256. The highest BCUT2D eigenvalue weighted by Crippen LogP contribution is 2.32. The van der Waals surface area contributed by atoms with Gasteiger partial charge >= 0.3 is 0 Å². The topological polar surface area (TPSA) is 56.2 Å². The van der Waals surface area contributed by atoms with E-state index in [0.717, 1.165) is 42.6 Å². The van der Waals surface area contributed by atoms with Crippen LogP contribution in [0.3, 0.4) is 0 Å². The van der Waals surface area contributed by atoms with Crippen molar-refractivity contribution in [3.05, 3.63) is 77.4 Å². The maximum atomic E-state index is 10.8. The number of carbonyl (C=O) groups is 1. The van der Waals surface area contributed by atoms with E-state index in [-0.39, 0.29) is 5.78 Å². The number of hydrogen-bond donors (Lipinski definition) is 2. The maximum Gasteiger partial charge on any atom is 0.159 e. The fraction of sp³-hybridized carbons (Fsp3) is 0.484. The first-order chi connectivity index (χ1) is 16.9. The second-order valence-corrected chi connectivity index (χ2v) is 9.18. The van der Waals surface area contributed by atoms with Gasteiger partial charge in [0.25, 0.3) is 0 Å². The number of piperidine rings is 1. The van der Waals surface area contributed by atoms with Gasteiger partial charge in [-0.3, -0.25) is 10.2 Å². The Labute approximate surface area is 214 Å². The van der Waals surface area contributed by atoms with Crippen LogP contribution in [0.4, 0.5) is 0 Å². The molecule has 0 atom stereocenters. The average Bonchev–Trinajstić information content (AvgIpc) is 3.72. The number of hydrogen-bond acceptors (Lipinski definition) is 3. The number of likely N-dealkylation sites (tertiary alicyclic amines) is 1. The van der Waals surface area contributed by atoms with E-state index in [4.69, 9.17) is 5.41 Å². The second kappa shape index (κ2) is 17.7. The number of ketones is 1. The summed E-state index contributed by atoms with van der Waals surface area (Å²) in [5.74, 6) is 1.94. The lowest BCUT2D eigenvalue weighted by molar-refractivity contribution is 0.101. The highest BCUT2D eigenvalue weighted by Gasteiger charge is 2.21. The van der Waals surface area contributed by atoms with Crippen molar-refractivity contribution in [1.29, 1.82) is 5.41 Å². The Balaban J connectivity index is 0.000000253. The first-order valence-corrected chi connectivity index (χ1v) is 13.1. The molecule has 1 heterocycles. The smallest absolute Gasteiger partial charge is 0.159 e. The molecule has 4 nitrogen and oxygen atoms in total. The highest BCUT2D eigenvalue weighted by molar-refractivity contribution is 5.94. The van der Waals surface area contributed by atoms with E-state index in [0.29, 0.717) is 0 Å². The van der Waals surface area contributed by atoms with Gasteiger partial charge in [0, 0.05) is 18.7 Å². The van der Waals surface area contributed by atoms with Gasteiger partial charge in [0.05, 0.1) is 6.34 Å². The zero-order valence-corrected chi connectivity index (χ0v) is 22.6. The number of Topliss-reactive ketones (excluding diaryl/α,β-unsaturated/α-hetero) is 1. The first kappa shape index (κ1) is 30.3. The normalized spacial score (nSPS) is 14.7. The van der Waals surface area contributed by atoms with Crippen molar-refractivity contribution >= 4 is 18.2 Å². The van der Waals surface area contributed by atoms with Crippen LogP contribution in [0, 0.1) is 24.2 Å². The summed E-state index contributed by atoms with van der Waals surface area (Å²) in [6, 6.07) is 16.3. The third-order valence-corrected chi connectivity index (χ3v) is 6.22. The molecule has 2 aliphatic rings. The number of nitrogens with zero attached hydrogens (tertiary/aromatic N) is 1. The average molecular weight is 478 g/mol. The molecule has 4 heteroatoms. The summed E-state index contributed by atoms with van der Waals surface area (Å²) in [5.41, 5.74) is 4.66. The Morgan fingerprint density at radius 3 is 2.00 bits per heavy atom. The molecule has 2 fully saturated rings. The molecule has 2 aromatic rings. The van der Waals surface area contributed by atoms with E-state index in [1.165, 1.54) is 49.6 Å². The summed E-state index contributed by atoms with van der Waals surface area (Å²) in [6.07, 6.45) is 9.88. The van der Waals surface area contributed by atoms with Crippen molar-refractivity contribution in [2.75, 3.05) is 26.7 Å². The zero-order valence-electron chi connectivity index (χ0n) is 22.6. The number of rotatable bonds is 7.